The Morgan fingerprint density at radius 2 is 1.92 bits per heavy atom. The second kappa shape index (κ2) is 5.73. The number of fused-ring (bicyclic) bond motifs is 5. The second-order valence-electron chi connectivity index (χ2n) is 9.29. The number of nitrogens with zero attached hydrogens (tertiary/aromatic N) is 1. The molecule has 4 saturated carbocycles. The lowest BCUT2D eigenvalue weighted by Crippen LogP contribution is -2.51. The fourth-order valence-electron chi connectivity index (χ4n) is 7.42. The molecular weight excluding hydrogens is 300 g/mol. The smallest absolute Gasteiger partial charge is 0.221 e. The van der Waals surface area contributed by atoms with E-state index in [2.05, 4.69) is 13.0 Å². The minimum absolute atomic E-state index is 0.0567. The molecule has 4 rings (SSSR count). The van der Waals surface area contributed by atoms with Crippen molar-refractivity contribution in [1.82, 2.24) is 0 Å². The van der Waals surface area contributed by atoms with Crippen molar-refractivity contribution in [3.8, 4) is 6.07 Å². The van der Waals surface area contributed by atoms with E-state index in [1.807, 2.05) is 0 Å². The molecule has 0 heterocycles. The molecule has 9 atom stereocenters. The van der Waals surface area contributed by atoms with Crippen LogP contribution in [0.5, 0.6) is 0 Å². The number of nitriles is 1. The van der Waals surface area contributed by atoms with E-state index < -0.39 is 6.10 Å². The summed E-state index contributed by atoms with van der Waals surface area (Å²) in [6, 6.07) is 2.35. The highest BCUT2D eigenvalue weighted by Crippen LogP contribution is 2.64. The van der Waals surface area contributed by atoms with Crippen LogP contribution in [0.3, 0.4) is 0 Å². The van der Waals surface area contributed by atoms with Gasteiger partial charge in [0.25, 0.3) is 0 Å². The first-order valence-corrected chi connectivity index (χ1v) is 9.82. The van der Waals surface area contributed by atoms with Crippen molar-refractivity contribution >= 4 is 5.91 Å². The molecule has 24 heavy (non-hydrogen) atoms. The van der Waals surface area contributed by atoms with Gasteiger partial charge in [-0.15, -0.1) is 0 Å². The zero-order valence-electron chi connectivity index (χ0n) is 14.7. The van der Waals surface area contributed by atoms with Crippen LogP contribution in [0.15, 0.2) is 0 Å². The minimum Gasteiger partial charge on any atom is -0.392 e. The fraction of sp³-hybridized carbons (Fsp3) is 0.900. The van der Waals surface area contributed by atoms with Gasteiger partial charge in [0.15, 0.2) is 0 Å². The summed E-state index contributed by atoms with van der Waals surface area (Å²) in [5.74, 6) is 3.00. The molecule has 0 aromatic heterocycles. The third-order valence-corrected chi connectivity index (χ3v) is 8.56. The Kier molecular flexibility index (Phi) is 3.91. The van der Waals surface area contributed by atoms with Crippen molar-refractivity contribution in [3.05, 3.63) is 0 Å². The third-order valence-electron chi connectivity index (χ3n) is 8.56. The average molecular weight is 330 g/mol. The number of carbonyl (C=O) groups is 1. The van der Waals surface area contributed by atoms with E-state index in [0.29, 0.717) is 29.6 Å². The average Bonchev–Trinajstić information content (AvgIpc) is 2.91. The molecule has 0 spiro atoms. The van der Waals surface area contributed by atoms with Gasteiger partial charge in [-0.25, -0.2) is 0 Å². The third kappa shape index (κ3) is 2.24. The maximum atomic E-state index is 11.9. The molecule has 0 radical (unpaired) electrons. The summed E-state index contributed by atoms with van der Waals surface area (Å²) in [4.78, 5) is 11.9. The van der Waals surface area contributed by atoms with Gasteiger partial charge in [0.2, 0.25) is 5.91 Å². The highest BCUT2D eigenvalue weighted by Gasteiger charge is 2.58. The monoisotopic (exact) mass is 330 g/mol. The number of aliphatic hydroxyl groups is 1. The molecule has 0 bridgehead atoms. The Morgan fingerprint density at radius 3 is 2.62 bits per heavy atom. The molecule has 1 amide bonds. The summed E-state index contributed by atoms with van der Waals surface area (Å²) in [7, 11) is 0. The van der Waals surface area contributed by atoms with Crippen molar-refractivity contribution in [2.45, 2.75) is 64.4 Å². The van der Waals surface area contributed by atoms with Gasteiger partial charge >= 0.3 is 0 Å². The molecule has 0 aromatic carbocycles. The molecule has 7 unspecified atom stereocenters. The van der Waals surface area contributed by atoms with E-state index in [-0.39, 0.29) is 23.2 Å². The topological polar surface area (TPSA) is 87.1 Å². The maximum absolute atomic E-state index is 11.9. The quantitative estimate of drug-likeness (QED) is 0.775. The molecular formula is C20H30N2O2. The zero-order valence-corrected chi connectivity index (χ0v) is 14.7. The van der Waals surface area contributed by atoms with E-state index in [9.17, 15) is 15.2 Å². The van der Waals surface area contributed by atoms with Gasteiger partial charge in [-0.05, 0) is 86.4 Å². The summed E-state index contributed by atoms with van der Waals surface area (Å²) >= 11 is 0. The van der Waals surface area contributed by atoms with Crippen LogP contribution in [0.25, 0.3) is 0 Å². The van der Waals surface area contributed by atoms with Crippen LogP contribution in [0, 0.1) is 58.2 Å². The highest BCUT2D eigenvalue weighted by atomic mass is 16.3. The molecule has 4 aliphatic rings. The Morgan fingerprint density at radius 1 is 1.12 bits per heavy atom. The molecule has 4 nitrogen and oxygen atoms in total. The van der Waals surface area contributed by atoms with Crippen LogP contribution in [0.1, 0.15) is 58.3 Å². The maximum Gasteiger partial charge on any atom is 0.221 e. The van der Waals surface area contributed by atoms with E-state index in [1.165, 1.54) is 19.3 Å². The molecule has 4 fully saturated rings. The number of aliphatic hydroxyl groups excluding tert-OH is 1. The molecule has 3 N–H and O–H groups in total. The lowest BCUT2D eigenvalue weighted by Gasteiger charge is -2.56. The van der Waals surface area contributed by atoms with Crippen molar-refractivity contribution in [1.29, 1.82) is 5.26 Å². The number of carbonyl (C=O) groups excluding carboxylic acids is 1. The SMILES string of the molecule is C[C@]12CCC3C4CC(C#N)C(O)CC4CCC3C1CC[C@@H]2C(N)=O. The van der Waals surface area contributed by atoms with Gasteiger partial charge in [0.05, 0.1) is 18.1 Å². The van der Waals surface area contributed by atoms with Gasteiger partial charge in [0, 0.05) is 5.92 Å². The number of hydrogen-bond acceptors (Lipinski definition) is 3. The van der Waals surface area contributed by atoms with Crippen LogP contribution < -0.4 is 5.73 Å². The summed E-state index contributed by atoms with van der Waals surface area (Å²) in [5, 5.41) is 19.6. The molecule has 0 aromatic rings. The van der Waals surface area contributed by atoms with Gasteiger partial charge in [0.1, 0.15) is 0 Å². The van der Waals surface area contributed by atoms with Crippen LogP contribution in [-0.4, -0.2) is 17.1 Å². The van der Waals surface area contributed by atoms with Crippen molar-refractivity contribution in [2.75, 3.05) is 0 Å². The van der Waals surface area contributed by atoms with Gasteiger partial charge in [-0.1, -0.05) is 6.92 Å². The van der Waals surface area contributed by atoms with Crippen LogP contribution in [0.2, 0.25) is 0 Å². The fourth-order valence-corrected chi connectivity index (χ4v) is 7.42. The summed E-state index contributed by atoms with van der Waals surface area (Å²) in [6.45, 7) is 2.31. The summed E-state index contributed by atoms with van der Waals surface area (Å²) in [6.07, 6.45) is 8.10. The lowest BCUT2D eigenvalue weighted by molar-refractivity contribution is -0.130. The van der Waals surface area contributed by atoms with Crippen molar-refractivity contribution in [3.63, 3.8) is 0 Å². The van der Waals surface area contributed by atoms with Crippen LogP contribution in [-0.2, 0) is 4.79 Å². The number of amides is 1. The van der Waals surface area contributed by atoms with E-state index in [0.717, 1.165) is 32.1 Å². The number of hydrogen-bond donors (Lipinski definition) is 2. The number of rotatable bonds is 1. The molecule has 4 aliphatic carbocycles. The molecule has 0 saturated heterocycles. The molecule has 0 aliphatic heterocycles. The highest BCUT2D eigenvalue weighted by molar-refractivity contribution is 5.78. The molecule has 132 valence electrons. The summed E-state index contributed by atoms with van der Waals surface area (Å²) in [5.41, 5.74) is 5.81. The normalized spacial score (nSPS) is 53.4. The molecule has 4 heteroatoms. The number of nitrogens with two attached hydrogens (primary N) is 1. The first-order chi connectivity index (χ1) is 11.5. The zero-order chi connectivity index (χ0) is 17.1. The predicted octanol–water partition coefficient (Wildman–Crippen LogP) is 2.85. The standard InChI is InChI=1S/C20H30N2O2/c1-20-7-6-13-14(16(20)4-5-17(20)19(22)24)3-2-11-9-18(23)12(10-21)8-15(11)13/h11-18,23H,2-9H2,1H3,(H2,22,24)/t11?,12?,13?,14?,15?,16?,17-,18?,20+/m1/s1. The first kappa shape index (κ1) is 16.4. The van der Waals surface area contributed by atoms with E-state index >= 15 is 0 Å². The Bertz CT molecular complexity index is 570. The van der Waals surface area contributed by atoms with E-state index in [1.54, 1.807) is 0 Å². The Hall–Kier alpha value is -1.08. The van der Waals surface area contributed by atoms with Crippen LogP contribution in [0.4, 0.5) is 0 Å². The first-order valence-electron chi connectivity index (χ1n) is 9.82. The Balaban J connectivity index is 1.57. The van der Waals surface area contributed by atoms with E-state index in [4.69, 9.17) is 5.73 Å². The summed E-state index contributed by atoms with van der Waals surface area (Å²) < 4.78 is 0. The van der Waals surface area contributed by atoms with Crippen molar-refractivity contribution < 1.29 is 9.90 Å². The minimum atomic E-state index is -0.424. The van der Waals surface area contributed by atoms with Crippen LogP contribution >= 0.6 is 0 Å². The van der Waals surface area contributed by atoms with Gasteiger partial charge < -0.3 is 10.8 Å². The second-order valence-corrected chi connectivity index (χ2v) is 9.29. The Labute approximate surface area is 144 Å². The van der Waals surface area contributed by atoms with Crippen molar-refractivity contribution in [2.24, 2.45) is 52.6 Å². The van der Waals surface area contributed by atoms with Gasteiger partial charge in [-0.2, -0.15) is 5.26 Å². The largest absolute Gasteiger partial charge is 0.392 e. The lowest BCUT2D eigenvalue weighted by atomic mass is 9.49. The number of primary amides is 1. The van der Waals surface area contributed by atoms with Gasteiger partial charge in [-0.3, -0.25) is 4.79 Å². The predicted molar refractivity (Wildman–Crippen MR) is 90.3 cm³/mol.